The van der Waals surface area contributed by atoms with Gasteiger partial charge in [0.25, 0.3) is 0 Å². The van der Waals surface area contributed by atoms with Gasteiger partial charge in [-0.05, 0) is 47.7 Å². The van der Waals surface area contributed by atoms with E-state index in [4.69, 9.17) is 16.6 Å². The second-order valence-electron chi connectivity index (χ2n) is 4.90. The van der Waals surface area contributed by atoms with Crippen molar-refractivity contribution in [2.75, 3.05) is 17.3 Å². The van der Waals surface area contributed by atoms with Crippen LogP contribution in [0.4, 0.5) is 0 Å². The molecule has 1 aliphatic heterocycles. The van der Waals surface area contributed by atoms with Gasteiger partial charge in [-0.15, -0.1) is 11.6 Å². The number of aromatic nitrogens is 2. The van der Waals surface area contributed by atoms with E-state index in [0.717, 1.165) is 17.9 Å². The Morgan fingerprint density at radius 3 is 3.05 bits per heavy atom. The highest BCUT2D eigenvalue weighted by atomic mass is 127. The Balaban J connectivity index is 1.99. The lowest BCUT2D eigenvalue weighted by Gasteiger charge is -2.23. The number of halogens is 2. The highest BCUT2D eigenvalue weighted by molar-refractivity contribution is 14.1. The molecule has 0 saturated carbocycles. The molecule has 20 heavy (non-hydrogen) atoms. The van der Waals surface area contributed by atoms with Crippen LogP contribution >= 0.6 is 57.7 Å². The maximum Gasteiger partial charge on any atom is 0.127 e. The lowest BCUT2D eigenvalue weighted by atomic mass is 10.3. The molecule has 2 aromatic rings. The molecule has 2 unspecified atom stereocenters. The fourth-order valence-electron chi connectivity index (χ4n) is 2.46. The van der Waals surface area contributed by atoms with Crippen LogP contribution in [0.5, 0.6) is 0 Å². The van der Waals surface area contributed by atoms with Crippen molar-refractivity contribution < 1.29 is 0 Å². The summed E-state index contributed by atoms with van der Waals surface area (Å²) in [6.07, 6.45) is 0. The van der Waals surface area contributed by atoms with E-state index in [9.17, 15) is 0 Å². The Morgan fingerprint density at radius 2 is 2.35 bits per heavy atom. The van der Waals surface area contributed by atoms with Crippen molar-refractivity contribution in [1.82, 2.24) is 9.55 Å². The smallest absolute Gasteiger partial charge is 0.127 e. The van der Waals surface area contributed by atoms with Gasteiger partial charge in [-0.25, -0.2) is 4.98 Å². The first-order valence-electron chi connectivity index (χ1n) is 6.64. The van der Waals surface area contributed by atoms with E-state index in [-0.39, 0.29) is 5.38 Å². The van der Waals surface area contributed by atoms with Crippen LogP contribution in [0, 0.1) is 3.57 Å². The van der Waals surface area contributed by atoms with E-state index >= 15 is 0 Å². The molecular formula is C14H16ClIN2S2. The molecule has 1 fully saturated rings. The molecule has 3 rings (SSSR count). The molecule has 1 saturated heterocycles. The zero-order valence-electron chi connectivity index (χ0n) is 11.2. The van der Waals surface area contributed by atoms with Gasteiger partial charge in [0.15, 0.2) is 0 Å². The third kappa shape index (κ3) is 3.25. The van der Waals surface area contributed by atoms with Gasteiger partial charge in [0, 0.05) is 32.6 Å². The Labute approximate surface area is 146 Å². The summed E-state index contributed by atoms with van der Waals surface area (Å²) in [5.41, 5.74) is 2.27. The fourth-order valence-corrected chi connectivity index (χ4v) is 5.76. The van der Waals surface area contributed by atoms with Crippen molar-refractivity contribution in [3.05, 3.63) is 27.6 Å². The molecule has 0 amide bonds. The fraction of sp³-hybridized carbons (Fsp3) is 0.500. The minimum absolute atomic E-state index is 0.0543. The first kappa shape index (κ1) is 15.3. The number of alkyl halides is 1. The highest BCUT2D eigenvalue weighted by Crippen LogP contribution is 2.30. The molecule has 0 spiro atoms. The second kappa shape index (κ2) is 6.67. The molecule has 108 valence electrons. The van der Waals surface area contributed by atoms with Crippen LogP contribution in [0.1, 0.15) is 18.1 Å². The molecule has 2 atom stereocenters. The Hall–Kier alpha value is 0.410. The van der Waals surface area contributed by atoms with Crippen LogP contribution in [0.2, 0.25) is 0 Å². The van der Waals surface area contributed by atoms with Crippen LogP contribution < -0.4 is 0 Å². The number of rotatable bonds is 3. The van der Waals surface area contributed by atoms with E-state index in [2.05, 4.69) is 68.9 Å². The van der Waals surface area contributed by atoms with Gasteiger partial charge in [-0.3, -0.25) is 0 Å². The number of hydrogen-bond acceptors (Lipinski definition) is 3. The summed E-state index contributed by atoms with van der Waals surface area (Å²) in [6, 6.07) is 6.46. The zero-order valence-corrected chi connectivity index (χ0v) is 15.7. The first-order chi connectivity index (χ1) is 9.65. The van der Waals surface area contributed by atoms with Gasteiger partial charge in [-0.2, -0.15) is 23.5 Å². The predicted octanol–water partition coefficient (Wildman–Crippen LogP) is 4.79. The van der Waals surface area contributed by atoms with Crippen molar-refractivity contribution in [3.8, 4) is 0 Å². The molecule has 1 aromatic heterocycles. The predicted molar refractivity (Wildman–Crippen MR) is 100 cm³/mol. The van der Waals surface area contributed by atoms with Crippen molar-refractivity contribution in [1.29, 1.82) is 0 Å². The van der Waals surface area contributed by atoms with E-state index in [1.807, 2.05) is 6.92 Å². The third-order valence-corrected chi connectivity index (χ3v) is 7.06. The number of thioether (sulfide) groups is 2. The van der Waals surface area contributed by atoms with Crippen LogP contribution in [0.25, 0.3) is 11.0 Å². The van der Waals surface area contributed by atoms with Crippen molar-refractivity contribution in [2.45, 2.75) is 24.1 Å². The van der Waals surface area contributed by atoms with Gasteiger partial charge in [0.05, 0.1) is 16.4 Å². The molecular weight excluding hydrogens is 423 g/mol. The Kier molecular flexibility index (Phi) is 5.10. The number of benzene rings is 1. The van der Waals surface area contributed by atoms with Crippen LogP contribution in [0.3, 0.4) is 0 Å². The molecule has 6 heteroatoms. The summed E-state index contributed by atoms with van der Waals surface area (Å²) in [6.45, 7) is 3.02. The average molecular weight is 439 g/mol. The molecule has 2 nitrogen and oxygen atoms in total. The molecule has 1 aliphatic rings. The van der Waals surface area contributed by atoms with Gasteiger partial charge in [0.1, 0.15) is 5.82 Å². The number of imidazole rings is 1. The molecule has 0 bridgehead atoms. The standard InChI is InChI=1S/C14H16ClIN2S2/c1-9(15)14-17-12-6-10(16)2-3-13(12)18(14)7-11-8-19-4-5-20-11/h2-3,6,9,11H,4-5,7-8H2,1H3. The van der Waals surface area contributed by atoms with Crippen molar-refractivity contribution in [3.63, 3.8) is 0 Å². The highest BCUT2D eigenvalue weighted by Gasteiger charge is 2.20. The number of nitrogens with zero attached hydrogens (tertiary/aromatic N) is 2. The zero-order chi connectivity index (χ0) is 14.1. The topological polar surface area (TPSA) is 17.8 Å². The average Bonchev–Trinajstić information content (AvgIpc) is 2.78. The van der Waals surface area contributed by atoms with Crippen molar-refractivity contribution in [2.24, 2.45) is 0 Å². The maximum atomic E-state index is 6.34. The van der Waals surface area contributed by atoms with Crippen LogP contribution in [-0.4, -0.2) is 32.1 Å². The SMILES string of the molecule is CC(Cl)c1nc2cc(I)ccc2n1CC1CSCCS1. The summed E-state index contributed by atoms with van der Waals surface area (Å²) in [4.78, 5) is 4.75. The number of fused-ring (bicyclic) bond motifs is 1. The van der Waals surface area contributed by atoms with Gasteiger partial charge < -0.3 is 4.57 Å². The van der Waals surface area contributed by atoms with Gasteiger partial charge in [0.2, 0.25) is 0 Å². The summed E-state index contributed by atoms with van der Waals surface area (Å²) >= 11 is 12.8. The minimum atomic E-state index is -0.0543. The monoisotopic (exact) mass is 438 g/mol. The van der Waals surface area contributed by atoms with E-state index < -0.39 is 0 Å². The normalized spacial score (nSPS) is 21.2. The Morgan fingerprint density at radius 1 is 1.50 bits per heavy atom. The molecule has 0 aliphatic carbocycles. The third-order valence-electron chi connectivity index (χ3n) is 3.37. The summed E-state index contributed by atoms with van der Waals surface area (Å²) in [5, 5.41) is 0.612. The van der Waals surface area contributed by atoms with Crippen molar-refractivity contribution >= 4 is 68.7 Å². The summed E-state index contributed by atoms with van der Waals surface area (Å²) in [7, 11) is 0. The quantitative estimate of drug-likeness (QED) is 0.507. The van der Waals surface area contributed by atoms with E-state index in [1.165, 1.54) is 26.3 Å². The lowest BCUT2D eigenvalue weighted by Crippen LogP contribution is -2.21. The van der Waals surface area contributed by atoms with Gasteiger partial charge in [-0.1, -0.05) is 0 Å². The van der Waals surface area contributed by atoms with E-state index in [0.29, 0.717) is 5.25 Å². The number of hydrogen-bond donors (Lipinski definition) is 0. The lowest BCUT2D eigenvalue weighted by molar-refractivity contribution is 0.667. The first-order valence-corrected chi connectivity index (χ1v) is 10.4. The van der Waals surface area contributed by atoms with E-state index in [1.54, 1.807) is 0 Å². The molecule has 2 heterocycles. The Bertz CT molecular complexity index is 608. The van der Waals surface area contributed by atoms with Gasteiger partial charge >= 0.3 is 0 Å². The minimum Gasteiger partial charge on any atom is -0.326 e. The summed E-state index contributed by atoms with van der Waals surface area (Å²) < 4.78 is 3.54. The molecule has 0 N–H and O–H groups in total. The maximum absolute atomic E-state index is 6.34. The summed E-state index contributed by atoms with van der Waals surface area (Å²) in [5.74, 6) is 4.76. The molecule has 0 radical (unpaired) electrons. The molecule has 1 aromatic carbocycles. The van der Waals surface area contributed by atoms with Crippen LogP contribution in [-0.2, 0) is 6.54 Å². The largest absolute Gasteiger partial charge is 0.326 e. The van der Waals surface area contributed by atoms with Crippen LogP contribution in [0.15, 0.2) is 18.2 Å². The second-order valence-corrected chi connectivity index (χ2v) is 9.36.